The lowest BCUT2D eigenvalue weighted by Crippen LogP contribution is -2.22. The predicted octanol–water partition coefficient (Wildman–Crippen LogP) is 3.93. The predicted molar refractivity (Wildman–Crippen MR) is 104 cm³/mol. The van der Waals surface area contributed by atoms with Gasteiger partial charge >= 0.3 is 5.97 Å². The van der Waals surface area contributed by atoms with Crippen molar-refractivity contribution >= 4 is 28.5 Å². The molecule has 1 N–H and O–H groups in total. The lowest BCUT2D eigenvalue weighted by atomic mass is 10.1. The Kier molecular flexibility index (Phi) is 5.96. The highest BCUT2D eigenvalue weighted by atomic mass is 32.2. The van der Waals surface area contributed by atoms with Gasteiger partial charge in [0.05, 0.1) is 25.1 Å². The van der Waals surface area contributed by atoms with E-state index >= 15 is 0 Å². The van der Waals surface area contributed by atoms with E-state index in [0.29, 0.717) is 12.4 Å². The fourth-order valence-electron chi connectivity index (χ4n) is 2.80. The number of rotatable bonds is 7. The van der Waals surface area contributed by atoms with E-state index in [1.54, 1.807) is 42.7 Å². The number of thioether (sulfide) groups is 1. The van der Waals surface area contributed by atoms with E-state index in [1.807, 2.05) is 18.2 Å². The van der Waals surface area contributed by atoms with Gasteiger partial charge in [-0.05, 0) is 30.7 Å². The van der Waals surface area contributed by atoms with E-state index in [9.17, 15) is 9.90 Å². The van der Waals surface area contributed by atoms with Crippen molar-refractivity contribution in [1.29, 1.82) is 0 Å². The zero-order valence-electron chi connectivity index (χ0n) is 14.8. The molecular weight excluding hydrogens is 348 g/mol. The first-order valence-electron chi connectivity index (χ1n) is 8.59. The van der Waals surface area contributed by atoms with Crippen LogP contribution in [0.3, 0.4) is 0 Å². The molecule has 0 unspecified atom stereocenters. The Morgan fingerprint density at radius 2 is 2.04 bits per heavy atom. The van der Waals surface area contributed by atoms with Crippen molar-refractivity contribution in [2.24, 2.45) is 0 Å². The van der Waals surface area contributed by atoms with Crippen LogP contribution in [0.5, 0.6) is 0 Å². The molecule has 1 heterocycles. The van der Waals surface area contributed by atoms with Crippen molar-refractivity contribution in [2.45, 2.75) is 30.9 Å². The Balaban J connectivity index is 1.78. The first-order chi connectivity index (χ1) is 12.6. The normalized spacial score (nSPS) is 13.5. The lowest BCUT2D eigenvalue weighted by molar-refractivity contribution is 0.0519. The number of hydrogen-bond donors (Lipinski definition) is 1. The Morgan fingerprint density at radius 3 is 2.81 bits per heavy atom. The minimum atomic E-state index is -0.582. The van der Waals surface area contributed by atoms with Gasteiger partial charge in [-0.1, -0.05) is 36.4 Å². The molecule has 136 valence electrons. The van der Waals surface area contributed by atoms with Crippen molar-refractivity contribution in [3.05, 3.63) is 60.7 Å². The van der Waals surface area contributed by atoms with Crippen molar-refractivity contribution in [2.75, 3.05) is 12.4 Å². The SMILES string of the molecule is CCOC(=O)c1cn([C@@H](CSc2cccc3ccccc23)[C@H](C)O)cn1. The summed E-state index contributed by atoms with van der Waals surface area (Å²) >= 11 is 1.68. The summed E-state index contributed by atoms with van der Waals surface area (Å²) in [7, 11) is 0. The van der Waals surface area contributed by atoms with Gasteiger partial charge in [0.15, 0.2) is 5.69 Å². The number of aliphatic hydroxyl groups is 1. The zero-order valence-corrected chi connectivity index (χ0v) is 15.6. The molecule has 0 aliphatic carbocycles. The maximum absolute atomic E-state index is 11.8. The molecule has 3 aromatic rings. The third kappa shape index (κ3) is 4.08. The molecule has 0 aliphatic rings. The van der Waals surface area contributed by atoms with Crippen LogP contribution in [0.2, 0.25) is 0 Å². The van der Waals surface area contributed by atoms with Crippen molar-refractivity contribution in [3.8, 4) is 0 Å². The smallest absolute Gasteiger partial charge is 0.358 e. The highest BCUT2D eigenvalue weighted by molar-refractivity contribution is 7.99. The van der Waals surface area contributed by atoms with E-state index in [2.05, 4.69) is 29.2 Å². The monoisotopic (exact) mass is 370 g/mol. The third-order valence-electron chi connectivity index (χ3n) is 4.19. The average molecular weight is 370 g/mol. The maximum Gasteiger partial charge on any atom is 0.358 e. The van der Waals surface area contributed by atoms with Gasteiger partial charge in [-0.25, -0.2) is 9.78 Å². The van der Waals surface area contributed by atoms with Crippen LogP contribution >= 0.6 is 11.8 Å². The van der Waals surface area contributed by atoms with Gasteiger partial charge in [0.25, 0.3) is 0 Å². The van der Waals surface area contributed by atoms with Gasteiger partial charge in [0, 0.05) is 16.8 Å². The average Bonchev–Trinajstić information content (AvgIpc) is 3.12. The fraction of sp³-hybridized carbons (Fsp3) is 0.300. The van der Waals surface area contributed by atoms with Gasteiger partial charge < -0.3 is 14.4 Å². The summed E-state index contributed by atoms with van der Waals surface area (Å²) in [6.45, 7) is 3.81. The molecule has 0 radical (unpaired) electrons. The van der Waals surface area contributed by atoms with Gasteiger partial charge in [-0.2, -0.15) is 0 Å². The second kappa shape index (κ2) is 8.38. The zero-order chi connectivity index (χ0) is 18.5. The molecule has 0 spiro atoms. The number of ether oxygens (including phenoxy) is 1. The van der Waals surface area contributed by atoms with E-state index in [-0.39, 0.29) is 11.7 Å². The molecule has 2 aromatic carbocycles. The molecule has 0 aliphatic heterocycles. The van der Waals surface area contributed by atoms with Gasteiger partial charge in [0.1, 0.15) is 0 Å². The van der Waals surface area contributed by atoms with E-state index in [0.717, 1.165) is 0 Å². The van der Waals surface area contributed by atoms with Gasteiger partial charge in [-0.15, -0.1) is 11.8 Å². The van der Waals surface area contributed by atoms with Crippen LogP contribution in [0.1, 0.15) is 30.4 Å². The van der Waals surface area contributed by atoms with Gasteiger partial charge in [0.2, 0.25) is 0 Å². The molecule has 3 rings (SSSR count). The number of esters is 1. The summed E-state index contributed by atoms with van der Waals surface area (Å²) in [6.07, 6.45) is 2.63. The van der Waals surface area contributed by atoms with Crippen LogP contribution in [-0.4, -0.2) is 39.1 Å². The number of fused-ring (bicyclic) bond motifs is 1. The van der Waals surface area contributed by atoms with E-state index in [4.69, 9.17) is 4.74 Å². The largest absolute Gasteiger partial charge is 0.461 e. The number of imidazole rings is 1. The van der Waals surface area contributed by atoms with Crippen molar-refractivity contribution in [1.82, 2.24) is 9.55 Å². The number of carbonyl (C=O) groups is 1. The molecule has 26 heavy (non-hydrogen) atoms. The molecule has 0 fully saturated rings. The molecule has 0 saturated carbocycles. The molecule has 1 aromatic heterocycles. The topological polar surface area (TPSA) is 64.3 Å². The first-order valence-corrected chi connectivity index (χ1v) is 9.58. The number of benzene rings is 2. The molecule has 5 nitrogen and oxygen atoms in total. The fourth-order valence-corrected chi connectivity index (χ4v) is 4.12. The number of aliphatic hydroxyl groups excluding tert-OH is 1. The van der Waals surface area contributed by atoms with Crippen LogP contribution in [-0.2, 0) is 4.74 Å². The van der Waals surface area contributed by atoms with Gasteiger partial charge in [-0.3, -0.25) is 0 Å². The minimum absolute atomic E-state index is 0.199. The lowest BCUT2D eigenvalue weighted by Gasteiger charge is -2.21. The summed E-state index contributed by atoms with van der Waals surface area (Å²) in [5.41, 5.74) is 0.257. The second-order valence-electron chi connectivity index (χ2n) is 6.02. The summed E-state index contributed by atoms with van der Waals surface area (Å²) in [6, 6.07) is 14.3. The summed E-state index contributed by atoms with van der Waals surface area (Å²) in [5.74, 6) is 0.210. The van der Waals surface area contributed by atoms with Crippen LogP contribution in [0.15, 0.2) is 59.9 Å². The molecular formula is C20H22N2O3S. The van der Waals surface area contributed by atoms with Crippen LogP contribution < -0.4 is 0 Å². The van der Waals surface area contributed by atoms with Crippen LogP contribution in [0.4, 0.5) is 0 Å². The number of hydrogen-bond acceptors (Lipinski definition) is 5. The van der Waals surface area contributed by atoms with E-state index < -0.39 is 12.1 Å². The maximum atomic E-state index is 11.8. The number of carbonyl (C=O) groups excluding carboxylic acids is 1. The standard InChI is InChI=1S/C20H22N2O3S/c1-3-25-20(24)17-11-22(13-21-17)18(14(2)23)12-26-19-10-6-8-15-7-4-5-9-16(15)19/h4-11,13-14,18,23H,3,12H2,1-2H3/t14-,18-/m0/s1. The summed E-state index contributed by atoms with van der Waals surface area (Å²) < 4.78 is 6.76. The number of aromatic nitrogens is 2. The van der Waals surface area contributed by atoms with Crippen LogP contribution in [0, 0.1) is 0 Å². The quantitative estimate of drug-likeness (QED) is 0.504. The summed E-state index contributed by atoms with van der Waals surface area (Å²) in [4.78, 5) is 17.1. The molecule has 6 heteroatoms. The third-order valence-corrected chi connectivity index (χ3v) is 5.36. The first kappa shape index (κ1) is 18.5. The Morgan fingerprint density at radius 1 is 1.27 bits per heavy atom. The van der Waals surface area contributed by atoms with Crippen molar-refractivity contribution < 1.29 is 14.6 Å². The Bertz CT molecular complexity index is 886. The highest BCUT2D eigenvalue weighted by Crippen LogP contribution is 2.31. The Labute approximate surface area is 157 Å². The molecule has 2 atom stereocenters. The highest BCUT2D eigenvalue weighted by Gasteiger charge is 2.20. The molecule has 0 amide bonds. The minimum Gasteiger partial charge on any atom is -0.461 e. The Hall–Kier alpha value is -2.31. The molecule has 0 saturated heterocycles. The van der Waals surface area contributed by atoms with Crippen LogP contribution in [0.25, 0.3) is 10.8 Å². The summed E-state index contributed by atoms with van der Waals surface area (Å²) in [5, 5.41) is 12.6. The second-order valence-corrected chi connectivity index (χ2v) is 7.08. The number of nitrogens with zero attached hydrogens (tertiary/aromatic N) is 2. The van der Waals surface area contributed by atoms with E-state index in [1.165, 1.54) is 15.7 Å². The molecule has 0 bridgehead atoms. The van der Waals surface area contributed by atoms with Crippen molar-refractivity contribution in [3.63, 3.8) is 0 Å².